The summed E-state index contributed by atoms with van der Waals surface area (Å²) in [5.41, 5.74) is 2.15. The zero-order chi connectivity index (χ0) is 21.4. The number of aryl methyl sites for hydroxylation is 1. The van der Waals surface area contributed by atoms with Crippen molar-refractivity contribution in [1.29, 1.82) is 0 Å². The molecule has 2 rings (SSSR count). The van der Waals surface area contributed by atoms with E-state index in [2.05, 4.69) is 10.3 Å². The van der Waals surface area contributed by atoms with E-state index in [1.807, 2.05) is 13.0 Å². The van der Waals surface area contributed by atoms with Crippen LogP contribution in [0.5, 0.6) is 0 Å². The molecular formula is C21H21F3N2O3. The molecule has 0 radical (unpaired) electrons. The molecule has 0 fully saturated rings. The van der Waals surface area contributed by atoms with Gasteiger partial charge in [-0.25, -0.2) is 0 Å². The molecule has 2 aromatic carbocycles. The number of carbonyl (C=O) groups excluding carboxylic acids is 1. The molecule has 2 aromatic rings. The van der Waals surface area contributed by atoms with Crippen molar-refractivity contribution in [1.82, 2.24) is 0 Å². The third kappa shape index (κ3) is 5.66. The lowest BCUT2D eigenvalue weighted by Crippen LogP contribution is -2.10. The standard InChI is InChI=1S/C21H21F3N2O3/c1-4-15-7-6-10-18(20(12-27)26-28-3)19(15)13-29-25-14(2)16-8-5-9-17(11-16)21(22,23)24/h5-12H,4,13H2,1-3H3/b25-14+,26-20-. The molecule has 0 spiro atoms. The quantitative estimate of drug-likeness (QED) is 0.361. The number of carbonyl (C=O) groups is 1. The van der Waals surface area contributed by atoms with Gasteiger partial charge in [-0.05, 0) is 36.6 Å². The fourth-order valence-electron chi connectivity index (χ4n) is 2.78. The van der Waals surface area contributed by atoms with Crippen molar-refractivity contribution in [2.75, 3.05) is 7.11 Å². The molecule has 0 aliphatic rings. The molecule has 0 saturated heterocycles. The van der Waals surface area contributed by atoms with E-state index in [0.29, 0.717) is 35.1 Å². The van der Waals surface area contributed by atoms with Crippen molar-refractivity contribution >= 4 is 17.7 Å². The Hall–Kier alpha value is -3.16. The van der Waals surface area contributed by atoms with Crippen molar-refractivity contribution in [3.63, 3.8) is 0 Å². The molecule has 0 saturated carbocycles. The van der Waals surface area contributed by atoms with Gasteiger partial charge in [-0.1, -0.05) is 47.6 Å². The highest BCUT2D eigenvalue weighted by molar-refractivity contribution is 6.36. The predicted molar refractivity (Wildman–Crippen MR) is 104 cm³/mol. The fraction of sp³-hybridized carbons (Fsp3) is 0.286. The van der Waals surface area contributed by atoms with Crippen LogP contribution >= 0.6 is 0 Å². The number of hydrogen-bond acceptors (Lipinski definition) is 5. The Labute approximate surface area is 166 Å². The highest BCUT2D eigenvalue weighted by Crippen LogP contribution is 2.29. The zero-order valence-electron chi connectivity index (χ0n) is 16.3. The van der Waals surface area contributed by atoms with E-state index in [4.69, 9.17) is 9.68 Å². The first-order valence-electron chi connectivity index (χ1n) is 8.83. The van der Waals surface area contributed by atoms with Crippen LogP contribution in [0, 0.1) is 0 Å². The molecular weight excluding hydrogens is 385 g/mol. The van der Waals surface area contributed by atoms with Gasteiger partial charge >= 0.3 is 6.18 Å². The van der Waals surface area contributed by atoms with Crippen LogP contribution in [0.25, 0.3) is 0 Å². The molecule has 0 unspecified atom stereocenters. The summed E-state index contributed by atoms with van der Waals surface area (Å²) in [6.07, 6.45) is -3.17. The van der Waals surface area contributed by atoms with Crippen LogP contribution < -0.4 is 0 Å². The minimum absolute atomic E-state index is 0.0201. The summed E-state index contributed by atoms with van der Waals surface area (Å²) in [7, 11) is 1.34. The Balaban J connectivity index is 2.28. The maximum Gasteiger partial charge on any atom is 0.416 e. The van der Waals surface area contributed by atoms with Crippen molar-refractivity contribution in [3.8, 4) is 0 Å². The second kappa shape index (κ2) is 9.86. The van der Waals surface area contributed by atoms with Crippen molar-refractivity contribution < 1.29 is 27.6 Å². The monoisotopic (exact) mass is 406 g/mol. The van der Waals surface area contributed by atoms with Gasteiger partial charge in [-0.3, -0.25) is 4.79 Å². The maximum absolute atomic E-state index is 12.9. The van der Waals surface area contributed by atoms with E-state index in [1.54, 1.807) is 19.1 Å². The minimum Gasteiger partial charge on any atom is -0.399 e. The lowest BCUT2D eigenvalue weighted by atomic mass is 9.97. The number of nitrogens with zero attached hydrogens (tertiary/aromatic N) is 2. The third-order valence-electron chi connectivity index (χ3n) is 4.25. The molecule has 0 N–H and O–H groups in total. The lowest BCUT2D eigenvalue weighted by molar-refractivity contribution is -0.137. The lowest BCUT2D eigenvalue weighted by Gasteiger charge is -2.13. The van der Waals surface area contributed by atoms with Crippen molar-refractivity contribution in [2.45, 2.75) is 33.1 Å². The number of alkyl halides is 3. The van der Waals surface area contributed by atoms with E-state index in [9.17, 15) is 18.0 Å². The van der Waals surface area contributed by atoms with E-state index in [0.717, 1.165) is 17.7 Å². The molecule has 5 nitrogen and oxygen atoms in total. The smallest absolute Gasteiger partial charge is 0.399 e. The van der Waals surface area contributed by atoms with E-state index >= 15 is 0 Å². The van der Waals surface area contributed by atoms with E-state index in [-0.39, 0.29) is 12.3 Å². The van der Waals surface area contributed by atoms with E-state index in [1.165, 1.54) is 19.2 Å². The van der Waals surface area contributed by atoms with Crippen LogP contribution in [0.4, 0.5) is 13.2 Å². The number of hydrogen-bond donors (Lipinski definition) is 0. The van der Waals surface area contributed by atoms with Crippen molar-refractivity contribution in [2.24, 2.45) is 10.3 Å². The number of aldehydes is 1. The predicted octanol–water partition coefficient (Wildman–Crippen LogP) is 4.76. The number of benzene rings is 2. The van der Waals surface area contributed by atoms with Gasteiger partial charge in [0.2, 0.25) is 0 Å². The summed E-state index contributed by atoms with van der Waals surface area (Å²) in [5, 5.41) is 7.67. The van der Waals surface area contributed by atoms with Gasteiger partial charge < -0.3 is 9.68 Å². The normalized spacial score (nSPS) is 12.6. The zero-order valence-corrected chi connectivity index (χ0v) is 16.3. The number of oxime groups is 2. The molecule has 154 valence electrons. The summed E-state index contributed by atoms with van der Waals surface area (Å²) in [4.78, 5) is 21.5. The summed E-state index contributed by atoms with van der Waals surface area (Å²) in [5.74, 6) is 0. The number of halogens is 3. The van der Waals surface area contributed by atoms with Crippen molar-refractivity contribution in [3.05, 3.63) is 70.3 Å². The largest absolute Gasteiger partial charge is 0.416 e. The van der Waals surface area contributed by atoms with Crippen LogP contribution in [0.1, 0.15) is 41.7 Å². The van der Waals surface area contributed by atoms with E-state index < -0.39 is 11.7 Å². The van der Waals surface area contributed by atoms with Gasteiger partial charge in [0.15, 0.2) is 6.29 Å². The minimum atomic E-state index is -4.43. The molecule has 0 bridgehead atoms. The Kier molecular flexibility index (Phi) is 7.52. The topological polar surface area (TPSA) is 60.2 Å². The summed E-state index contributed by atoms with van der Waals surface area (Å²) in [6, 6.07) is 10.3. The average molecular weight is 406 g/mol. The van der Waals surface area contributed by atoms with Gasteiger partial charge in [0.05, 0.1) is 11.3 Å². The van der Waals surface area contributed by atoms with Crippen LogP contribution in [0.3, 0.4) is 0 Å². The summed E-state index contributed by atoms with van der Waals surface area (Å²) < 4.78 is 38.7. The summed E-state index contributed by atoms with van der Waals surface area (Å²) >= 11 is 0. The molecule has 0 heterocycles. The summed E-state index contributed by atoms with van der Waals surface area (Å²) in [6.45, 7) is 3.53. The molecule has 8 heteroatoms. The highest BCUT2D eigenvalue weighted by Gasteiger charge is 2.30. The molecule has 0 aliphatic heterocycles. The molecule has 0 aromatic heterocycles. The van der Waals surface area contributed by atoms with Gasteiger partial charge in [-0.15, -0.1) is 0 Å². The van der Waals surface area contributed by atoms with Crippen LogP contribution in [0.15, 0.2) is 52.8 Å². The second-order valence-corrected chi connectivity index (χ2v) is 6.10. The fourth-order valence-corrected chi connectivity index (χ4v) is 2.78. The Morgan fingerprint density at radius 1 is 1.14 bits per heavy atom. The number of rotatable bonds is 8. The Morgan fingerprint density at radius 3 is 2.48 bits per heavy atom. The van der Waals surface area contributed by atoms with Crippen LogP contribution in [-0.2, 0) is 33.7 Å². The van der Waals surface area contributed by atoms with Gasteiger partial charge in [0.25, 0.3) is 0 Å². The molecule has 0 amide bonds. The molecule has 29 heavy (non-hydrogen) atoms. The van der Waals surface area contributed by atoms with Gasteiger partial charge in [-0.2, -0.15) is 13.2 Å². The maximum atomic E-state index is 12.9. The SMILES string of the molecule is CCc1cccc(/C(C=O)=N\OC)c1CO/N=C(\C)c1cccc(C(F)(F)F)c1. The van der Waals surface area contributed by atoms with Crippen LogP contribution in [0.2, 0.25) is 0 Å². The molecule has 0 atom stereocenters. The Morgan fingerprint density at radius 2 is 1.86 bits per heavy atom. The first-order chi connectivity index (χ1) is 13.8. The van der Waals surface area contributed by atoms with Crippen LogP contribution in [-0.4, -0.2) is 24.8 Å². The molecule has 0 aliphatic carbocycles. The average Bonchev–Trinajstić information content (AvgIpc) is 2.71. The first-order valence-corrected chi connectivity index (χ1v) is 8.83. The van der Waals surface area contributed by atoms with Gasteiger partial charge in [0.1, 0.15) is 19.4 Å². The second-order valence-electron chi connectivity index (χ2n) is 6.10. The first kappa shape index (κ1) is 22.1. The van der Waals surface area contributed by atoms with Gasteiger partial charge in [0, 0.05) is 11.1 Å². The third-order valence-corrected chi connectivity index (χ3v) is 4.25. The Bertz CT molecular complexity index is 922. The highest BCUT2D eigenvalue weighted by atomic mass is 19.4.